The van der Waals surface area contributed by atoms with Crippen molar-refractivity contribution in [2.24, 2.45) is 0 Å². The SMILES string of the molecule is O=C(NOC(=O)N1CCCC(c2ccccc2)C1)OCc1ccccc1. The first-order valence-corrected chi connectivity index (χ1v) is 8.70. The van der Waals surface area contributed by atoms with Gasteiger partial charge in [0, 0.05) is 19.0 Å². The molecule has 1 fully saturated rings. The number of carbonyl (C=O) groups excluding carboxylic acids is 2. The van der Waals surface area contributed by atoms with Crippen molar-refractivity contribution in [3.8, 4) is 0 Å². The van der Waals surface area contributed by atoms with Gasteiger partial charge in [-0.05, 0) is 24.0 Å². The molecule has 1 N–H and O–H groups in total. The lowest BCUT2D eigenvalue weighted by Gasteiger charge is -2.31. The van der Waals surface area contributed by atoms with Crippen molar-refractivity contribution in [2.75, 3.05) is 13.1 Å². The maximum absolute atomic E-state index is 12.2. The predicted molar refractivity (Wildman–Crippen MR) is 96.2 cm³/mol. The third-order valence-electron chi connectivity index (χ3n) is 4.38. The molecule has 2 amide bonds. The minimum absolute atomic E-state index is 0.115. The van der Waals surface area contributed by atoms with Crippen LogP contribution in [0.1, 0.15) is 29.9 Å². The fourth-order valence-electron chi connectivity index (χ4n) is 3.04. The Balaban J connectivity index is 1.43. The van der Waals surface area contributed by atoms with E-state index >= 15 is 0 Å². The summed E-state index contributed by atoms with van der Waals surface area (Å²) in [5.41, 5.74) is 4.12. The molecule has 1 saturated heterocycles. The molecule has 26 heavy (non-hydrogen) atoms. The van der Waals surface area contributed by atoms with Gasteiger partial charge in [0.05, 0.1) is 0 Å². The second-order valence-corrected chi connectivity index (χ2v) is 6.23. The number of ether oxygens (including phenoxy) is 1. The second-order valence-electron chi connectivity index (χ2n) is 6.23. The van der Waals surface area contributed by atoms with Gasteiger partial charge < -0.3 is 14.5 Å². The van der Waals surface area contributed by atoms with Crippen LogP contribution in [-0.2, 0) is 16.2 Å². The molecule has 1 aliphatic rings. The third kappa shape index (κ3) is 4.99. The van der Waals surface area contributed by atoms with E-state index in [4.69, 9.17) is 9.57 Å². The Morgan fingerprint density at radius 3 is 2.46 bits per heavy atom. The first-order valence-electron chi connectivity index (χ1n) is 8.70. The fraction of sp³-hybridized carbons (Fsp3) is 0.300. The summed E-state index contributed by atoms with van der Waals surface area (Å²) in [5, 5.41) is 0. The molecule has 0 spiro atoms. The summed E-state index contributed by atoms with van der Waals surface area (Å²) in [7, 11) is 0. The van der Waals surface area contributed by atoms with Gasteiger partial charge in [0.25, 0.3) is 0 Å². The van der Waals surface area contributed by atoms with Crippen LogP contribution in [0.3, 0.4) is 0 Å². The zero-order chi connectivity index (χ0) is 18.2. The summed E-state index contributed by atoms with van der Waals surface area (Å²) in [4.78, 5) is 30.3. The standard InChI is InChI=1S/C20H22N2O4/c23-19(25-15-16-8-3-1-4-9-16)21-26-20(24)22-13-7-12-18(14-22)17-10-5-2-6-11-17/h1-6,8-11,18H,7,12-15H2,(H,21,23). The van der Waals surface area contributed by atoms with Crippen LogP contribution in [-0.4, -0.2) is 30.2 Å². The van der Waals surface area contributed by atoms with Crippen molar-refractivity contribution >= 4 is 12.2 Å². The molecule has 2 aromatic carbocycles. The fourth-order valence-corrected chi connectivity index (χ4v) is 3.04. The molecule has 6 nitrogen and oxygen atoms in total. The molecule has 0 bridgehead atoms. The summed E-state index contributed by atoms with van der Waals surface area (Å²) < 4.78 is 5.01. The van der Waals surface area contributed by atoms with E-state index in [1.54, 1.807) is 4.90 Å². The Bertz CT molecular complexity index is 721. The Morgan fingerprint density at radius 2 is 1.73 bits per heavy atom. The number of carbonyl (C=O) groups is 2. The molecule has 1 heterocycles. The summed E-state index contributed by atoms with van der Waals surface area (Å²) in [6.45, 7) is 1.30. The smallest absolute Gasteiger partial charge is 0.441 e. The average Bonchev–Trinajstić information content (AvgIpc) is 2.72. The van der Waals surface area contributed by atoms with Crippen LogP contribution in [0.15, 0.2) is 60.7 Å². The van der Waals surface area contributed by atoms with Gasteiger partial charge in [-0.25, -0.2) is 9.59 Å². The first-order chi connectivity index (χ1) is 12.7. The lowest BCUT2D eigenvalue weighted by Crippen LogP contribution is -2.42. The maximum atomic E-state index is 12.2. The topological polar surface area (TPSA) is 67.9 Å². The van der Waals surface area contributed by atoms with Crippen LogP contribution in [0, 0.1) is 0 Å². The van der Waals surface area contributed by atoms with Gasteiger partial charge in [-0.3, -0.25) is 0 Å². The maximum Gasteiger partial charge on any atom is 0.441 e. The Hall–Kier alpha value is -3.02. The van der Waals surface area contributed by atoms with Gasteiger partial charge in [-0.15, -0.1) is 5.48 Å². The molecule has 0 aliphatic carbocycles. The van der Waals surface area contributed by atoms with Crippen molar-refractivity contribution in [3.05, 3.63) is 71.8 Å². The largest absolute Gasteiger partial charge is 0.443 e. The van der Waals surface area contributed by atoms with E-state index in [0.717, 1.165) is 18.4 Å². The molecule has 136 valence electrons. The van der Waals surface area contributed by atoms with E-state index in [9.17, 15) is 9.59 Å². The number of hydrogen-bond donors (Lipinski definition) is 1. The Kier molecular flexibility index (Phi) is 6.09. The first kappa shape index (κ1) is 17.8. The van der Waals surface area contributed by atoms with Crippen molar-refractivity contribution in [3.63, 3.8) is 0 Å². The van der Waals surface area contributed by atoms with E-state index in [0.29, 0.717) is 13.1 Å². The lowest BCUT2D eigenvalue weighted by atomic mass is 9.91. The molecule has 0 radical (unpaired) electrons. The van der Waals surface area contributed by atoms with Gasteiger partial charge in [0.1, 0.15) is 6.61 Å². The zero-order valence-corrected chi connectivity index (χ0v) is 14.5. The number of nitrogens with one attached hydrogen (secondary N) is 1. The van der Waals surface area contributed by atoms with Gasteiger partial charge in [0.2, 0.25) is 0 Å². The minimum atomic E-state index is -0.793. The van der Waals surface area contributed by atoms with Crippen molar-refractivity contribution in [1.29, 1.82) is 0 Å². The molecule has 6 heteroatoms. The Morgan fingerprint density at radius 1 is 1.04 bits per heavy atom. The number of rotatable bonds is 3. The second kappa shape index (κ2) is 8.89. The van der Waals surface area contributed by atoms with Crippen molar-refractivity contribution in [2.45, 2.75) is 25.4 Å². The number of piperidine rings is 1. The highest BCUT2D eigenvalue weighted by molar-refractivity contribution is 5.72. The van der Waals surface area contributed by atoms with Crippen LogP contribution in [0.4, 0.5) is 9.59 Å². The number of benzene rings is 2. The number of hydrogen-bond acceptors (Lipinski definition) is 4. The number of amides is 2. The van der Waals surface area contributed by atoms with E-state index in [1.807, 2.05) is 48.5 Å². The van der Waals surface area contributed by atoms with Crippen LogP contribution >= 0.6 is 0 Å². The summed E-state index contributed by atoms with van der Waals surface area (Å²) in [6, 6.07) is 19.4. The lowest BCUT2D eigenvalue weighted by molar-refractivity contribution is 0.0351. The summed E-state index contributed by atoms with van der Waals surface area (Å²) >= 11 is 0. The molecule has 0 aromatic heterocycles. The molecule has 2 aromatic rings. The molecule has 1 aliphatic heterocycles. The number of hydroxylamine groups is 1. The highest BCUT2D eigenvalue weighted by atomic mass is 16.7. The number of nitrogens with zero attached hydrogens (tertiary/aromatic N) is 1. The monoisotopic (exact) mass is 354 g/mol. The molecule has 1 atom stereocenters. The van der Waals surface area contributed by atoms with Crippen LogP contribution in [0.5, 0.6) is 0 Å². The van der Waals surface area contributed by atoms with Gasteiger partial charge >= 0.3 is 12.2 Å². The minimum Gasteiger partial charge on any atom is -0.443 e. The van der Waals surface area contributed by atoms with Gasteiger partial charge in [-0.2, -0.15) is 0 Å². The molecule has 3 rings (SSSR count). The van der Waals surface area contributed by atoms with E-state index in [-0.39, 0.29) is 12.5 Å². The van der Waals surface area contributed by atoms with Crippen LogP contribution in [0.25, 0.3) is 0 Å². The molecule has 0 saturated carbocycles. The zero-order valence-electron chi connectivity index (χ0n) is 14.5. The van der Waals surface area contributed by atoms with Gasteiger partial charge in [-0.1, -0.05) is 60.7 Å². The normalized spacial score (nSPS) is 16.6. The Labute approximate surface area is 152 Å². The molecular weight excluding hydrogens is 332 g/mol. The molecule has 1 unspecified atom stereocenters. The van der Waals surface area contributed by atoms with E-state index in [2.05, 4.69) is 17.6 Å². The highest BCUT2D eigenvalue weighted by Gasteiger charge is 2.26. The highest BCUT2D eigenvalue weighted by Crippen LogP contribution is 2.26. The number of likely N-dealkylation sites (tertiary alicyclic amines) is 1. The van der Waals surface area contributed by atoms with Crippen LogP contribution in [0.2, 0.25) is 0 Å². The van der Waals surface area contributed by atoms with E-state index in [1.165, 1.54) is 5.56 Å². The quantitative estimate of drug-likeness (QED) is 0.850. The van der Waals surface area contributed by atoms with E-state index < -0.39 is 12.2 Å². The third-order valence-corrected chi connectivity index (χ3v) is 4.38. The molecular formula is C20H22N2O4. The van der Waals surface area contributed by atoms with Crippen molar-refractivity contribution < 1.29 is 19.2 Å². The summed E-state index contributed by atoms with van der Waals surface area (Å²) in [6.07, 6.45) is 0.564. The predicted octanol–water partition coefficient (Wildman–Crippen LogP) is 3.84. The summed E-state index contributed by atoms with van der Waals surface area (Å²) in [5.74, 6) is 0.280. The van der Waals surface area contributed by atoms with Crippen molar-refractivity contribution in [1.82, 2.24) is 10.4 Å². The van der Waals surface area contributed by atoms with Gasteiger partial charge in [0.15, 0.2) is 0 Å². The van der Waals surface area contributed by atoms with Crippen LogP contribution < -0.4 is 5.48 Å². The average molecular weight is 354 g/mol.